The quantitative estimate of drug-likeness (QED) is 0.539. The maximum Gasteiger partial charge on any atom is 0.224 e. The molecule has 0 saturated heterocycles. The van der Waals surface area contributed by atoms with Crippen molar-refractivity contribution in [1.29, 1.82) is 0 Å². The zero-order chi connectivity index (χ0) is 18.5. The standard InChI is InChI=1S/C17H17FN6OSi/c1-26(2,3)10-5-13(25-8-10)16-22-15(23-17(19)24-16)12-7-21-14-11(12)4-9(18)6-20-14/h4-8H,1-3H3,(H,20,21)(H2,19,22,23,24). The number of rotatable bonds is 3. The molecule has 0 aliphatic heterocycles. The van der Waals surface area contributed by atoms with E-state index in [0.29, 0.717) is 34.0 Å². The van der Waals surface area contributed by atoms with Gasteiger partial charge in [0.05, 0.1) is 20.5 Å². The van der Waals surface area contributed by atoms with Gasteiger partial charge in [-0.15, -0.1) is 0 Å². The van der Waals surface area contributed by atoms with Gasteiger partial charge in [-0.25, -0.2) is 14.4 Å². The molecule has 0 unspecified atom stereocenters. The van der Waals surface area contributed by atoms with Crippen molar-refractivity contribution >= 4 is 30.2 Å². The van der Waals surface area contributed by atoms with Crippen LogP contribution in [0.25, 0.3) is 34.0 Å². The van der Waals surface area contributed by atoms with E-state index in [0.717, 1.165) is 11.4 Å². The maximum atomic E-state index is 13.6. The fourth-order valence-corrected chi connectivity index (χ4v) is 3.61. The summed E-state index contributed by atoms with van der Waals surface area (Å²) >= 11 is 0. The van der Waals surface area contributed by atoms with Crippen molar-refractivity contribution in [2.75, 3.05) is 5.73 Å². The Labute approximate surface area is 149 Å². The highest BCUT2D eigenvalue weighted by molar-refractivity contribution is 6.88. The topological polar surface area (TPSA) is 107 Å². The van der Waals surface area contributed by atoms with E-state index in [2.05, 4.69) is 44.6 Å². The Morgan fingerprint density at radius 1 is 1.12 bits per heavy atom. The number of halogens is 1. The molecule has 4 aromatic rings. The maximum absolute atomic E-state index is 13.6. The lowest BCUT2D eigenvalue weighted by Crippen LogP contribution is -2.36. The summed E-state index contributed by atoms with van der Waals surface area (Å²) in [6.45, 7) is 6.67. The second kappa shape index (κ2) is 5.73. The predicted octanol–water partition coefficient (Wildman–Crippen LogP) is 2.94. The first-order chi connectivity index (χ1) is 12.3. The largest absolute Gasteiger partial charge is 0.461 e. The van der Waals surface area contributed by atoms with Crippen LogP contribution in [0.3, 0.4) is 0 Å². The van der Waals surface area contributed by atoms with Crippen molar-refractivity contribution in [3.63, 3.8) is 0 Å². The van der Waals surface area contributed by atoms with Gasteiger partial charge >= 0.3 is 0 Å². The van der Waals surface area contributed by atoms with E-state index in [1.54, 1.807) is 12.5 Å². The number of aromatic nitrogens is 5. The summed E-state index contributed by atoms with van der Waals surface area (Å²) in [6, 6.07) is 3.32. The average molecular weight is 368 g/mol. The highest BCUT2D eigenvalue weighted by Crippen LogP contribution is 2.27. The van der Waals surface area contributed by atoms with Crippen LogP contribution in [-0.4, -0.2) is 33.0 Å². The second-order valence-electron chi connectivity index (χ2n) is 7.04. The Balaban J connectivity index is 1.84. The van der Waals surface area contributed by atoms with Crippen LogP contribution in [0.5, 0.6) is 0 Å². The molecule has 0 radical (unpaired) electrons. The minimum Gasteiger partial charge on any atom is -0.461 e. The Morgan fingerprint density at radius 2 is 1.88 bits per heavy atom. The van der Waals surface area contributed by atoms with E-state index in [4.69, 9.17) is 10.2 Å². The number of nitrogens with one attached hydrogen (secondary N) is 1. The highest BCUT2D eigenvalue weighted by Gasteiger charge is 2.21. The van der Waals surface area contributed by atoms with Crippen LogP contribution in [-0.2, 0) is 0 Å². The summed E-state index contributed by atoms with van der Waals surface area (Å²) < 4.78 is 19.2. The Hall–Kier alpha value is -3.07. The van der Waals surface area contributed by atoms with E-state index in [1.165, 1.54) is 6.07 Å². The molecule has 0 spiro atoms. The van der Waals surface area contributed by atoms with E-state index in [9.17, 15) is 4.39 Å². The zero-order valence-electron chi connectivity index (χ0n) is 14.5. The molecule has 4 aromatic heterocycles. The van der Waals surface area contributed by atoms with Crippen LogP contribution in [0.15, 0.2) is 35.2 Å². The molecule has 0 aliphatic carbocycles. The summed E-state index contributed by atoms with van der Waals surface area (Å²) in [5.41, 5.74) is 7.01. The smallest absolute Gasteiger partial charge is 0.224 e. The summed E-state index contributed by atoms with van der Waals surface area (Å²) in [6.07, 6.45) is 4.56. The molecule has 0 fully saturated rings. The number of pyridine rings is 1. The first-order valence-corrected chi connectivity index (χ1v) is 11.6. The number of H-pyrrole nitrogens is 1. The van der Waals surface area contributed by atoms with E-state index in [-0.39, 0.29) is 5.95 Å². The molecule has 4 heterocycles. The molecule has 0 amide bonds. The number of fused-ring (bicyclic) bond motifs is 1. The van der Waals surface area contributed by atoms with Crippen LogP contribution in [0, 0.1) is 5.82 Å². The first kappa shape index (κ1) is 16.4. The van der Waals surface area contributed by atoms with Crippen LogP contribution >= 0.6 is 0 Å². The van der Waals surface area contributed by atoms with Gasteiger partial charge in [0.1, 0.15) is 11.5 Å². The van der Waals surface area contributed by atoms with E-state index < -0.39 is 13.9 Å². The molecule has 4 rings (SSSR count). The number of aromatic amines is 1. The van der Waals surface area contributed by atoms with Crippen LogP contribution in [0.1, 0.15) is 0 Å². The monoisotopic (exact) mass is 368 g/mol. The zero-order valence-corrected chi connectivity index (χ0v) is 15.5. The summed E-state index contributed by atoms with van der Waals surface area (Å²) in [7, 11) is -1.52. The van der Waals surface area contributed by atoms with Gasteiger partial charge in [0, 0.05) is 17.1 Å². The SMILES string of the molecule is C[Si](C)(C)c1coc(-c2nc(N)nc(-c3c[nH]c4ncc(F)cc34)n2)c1. The molecule has 9 heteroatoms. The molecule has 0 bridgehead atoms. The molecule has 132 valence electrons. The van der Waals surface area contributed by atoms with Crippen molar-refractivity contribution in [2.45, 2.75) is 19.6 Å². The fourth-order valence-electron chi connectivity index (χ4n) is 2.63. The molecule has 26 heavy (non-hydrogen) atoms. The number of nitrogens with zero attached hydrogens (tertiary/aromatic N) is 4. The molecule has 0 saturated carbocycles. The van der Waals surface area contributed by atoms with E-state index >= 15 is 0 Å². The first-order valence-electron chi connectivity index (χ1n) is 8.05. The lowest BCUT2D eigenvalue weighted by molar-refractivity contribution is 0.578. The van der Waals surface area contributed by atoms with E-state index in [1.807, 2.05) is 6.07 Å². The highest BCUT2D eigenvalue weighted by atomic mass is 28.3. The third kappa shape index (κ3) is 2.86. The lowest BCUT2D eigenvalue weighted by atomic mass is 10.2. The van der Waals surface area contributed by atoms with Crippen molar-refractivity contribution in [3.8, 4) is 23.0 Å². The average Bonchev–Trinajstić information content (AvgIpc) is 3.20. The van der Waals surface area contributed by atoms with Gasteiger partial charge in [0.2, 0.25) is 11.8 Å². The van der Waals surface area contributed by atoms with Gasteiger partial charge in [-0.1, -0.05) is 19.6 Å². The van der Waals surface area contributed by atoms with Gasteiger partial charge in [-0.05, 0) is 17.3 Å². The number of nitrogens with two attached hydrogens (primary N) is 1. The Kier molecular flexibility index (Phi) is 3.62. The molecular weight excluding hydrogens is 351 g/mol. The Bertz CT molecular complexity index is 1110. The molecule has 0 aliphatic rings. The summed E-state index contributed by atoms with van der Waals surface area (Å²) in [5, 5.41) is 1.73. The third-order valence-electron chi connectivity index (χ3n) is 4.08. The van der Waals surface area contributed by atoms with Crippen molar-refractivity contribution in [2.24, 2.45) is 0 Å². The van der Waals surface area contributed by atoms with Gasteiger partial charge < -0.3 is 15.1 Å². The minimum atomic E-state index is -1.52. The summed E-state index contributed by atoms with van der Waals surface area (Å²) in [5.74, 6) is 0.829. The van der Waals surface area contributed by atoms with Gasteiger partial charge in [-0.2, -0.15) is 9.97 Å². The van der Waals surface area contributed by atoms with Gasteiger partial charge in [0.25, 0.3) is 0 Å². The molecule has 0 atom stereocenters. The van der Waals surface area contributed by atoms with Crippen molar-refractivity contribution in [1.82, 2.24) is 24.9 Å². The fraction of sp³-hybridized carbons (Fsp3) is 0.176. The second-order valence-corrected chi connectivity index (χ2v) is 12.1. The number of anilines is 1. The number of hydrogen-bond donors (Lipinski definition) is 2. The Morgan fingerprint density at radius 3 is 2.62 bits per heavy atom. The van der Waals surface area contributed by atoms with Crippen LogP contribution in [0.4, 0.5) is 10.3 Å². The van der Waals surface area contributed by atoms with Crippen molar-refractivity contribution < 1.29 is 8.81 Å². The van der Waals surface area contributed by atoms with Crippen LogP contribution < -0.4 is 10.9 Å². The normalized spacial score (nSPS) is 12.0. The molecule has 3 N–H and O–H groups in total. The predicted molar refractivity (Wildman–Crippen MR) is 100.0 cm³/mol. The summed E-state index contributed by atoms with van der Waals surface area (Å²) in [4.78, 5) is 19.8. The number of furan rings is 1. The number of hydrogen-bond acceptors (Lipinski definition) is 6. The van der Waals surface area contributed by atoms with Gasteiger partial charge in [-0.3, -0.25) is 0 Å². The minimum absolute atomic E-state index is 0.0645. The lowest BCUT2D eigenvalue weighted by Gasteiger charge is -2.11. The van der Waals surface area contributed by atoms with Gasteiger partial charge in [0.15, 0.2) is 11.6 Å². The molecule has 0 aromatic carbocycles. The van der Waals surface area contributed by atoms with Crippen molar-refractivity contribution in [3.05, 3.63) is 36.6 Å². The third-order valence-corrected chi connectivity index (χ3v) is 6.07. The van der Waals surface area contributed by atoms with Crippen LogP contribution in [0.2, 0.25) is 19.6 Å². The number of nitrogen functional groups attached to an aromatic ring is 1. The molecular formula is C17H17FN6OSi. The molecule has 7 nitrogen and oxygen atoms in total.